The van der Waals surface area contributed by atoms with Crippen LogP contribution in [0.25, 0.3) is 0 Å². The molecule has 5 nitrogen and oxygen atoms in total. The second-order valence-corrected chi connectivity index (χ2v) is 4.84. The predicted octanol–water partition coefficient (Wildman–Crippen LogP) is 1.14. The number of amides is 2. The molecule has 0 bridgehead atoms. The Hall–Kier alpha value is -2.04. The van der Waals surface area contributed by atoms with Gasteiger partial charge in [-0.1, -0.05) is 6.07 Å². The molecule has 0 aromatic heterocycles. The van der Waals surface area contributed by atoms with Crippen molar-refractivity contribution in [1.29, 1.82) is 0 Å². The maximum Gasteiger partial charge on any atom is 0.227 e. The monoisotopic (exact) mass is 262 g/mol. The average Bonchev–Trinajstić information content (AvgIpc) is 2.79. The summed E-state index contributed by atoms with van der Waals surface area (Å²) >= 11 is 0. The van der Waals surface area contributed by atoms with Crippen LogP contribution in [-0.4, -0.2) is 44.5 Å². The Labute approximate surface area is 112 Å². The highest BCUT2D eigenvalue weighted by Crippen LogP contribution is 2.28. The van der Waals surface area contributed by atoms with E-state index in [-0.39, 0.29) is 24.2 Å². The quantitative estimate of drug-likeness (QED) is 0.820. The maximum absolute atomic E-state index is 12.0. The Morgan fingerprint density at radius 1 is 1.42 bits per heavy atom. The number of hydrogen-bond acceptors (Lipinski definition) is 3. The molecule has 1 aliphatic heterocycles. The number of carbonyl (C=O) groups excluding carboxylic acids is 2. The summed E-state index contributed by atoms with van der Waals surface area (Å²) in [5.41, 5.74) is 0.776. The van der Waals surface area contributed by atoms with E-state index in [9.17, 15) is 9.59 Å². The van der Waals surface area contributed by atoms with E-state index in [1.165, 1.54) is 4.90 Å². The molecule has 2 amide bonds. The summed E-state index contributed by atoms with van der Waals surface area (Å²) < 4.78 is 5.15. The average molecular weight is 262 g/mol. The Balaban J connectivity index is 2.17. The summed E-state index contributed by atoms with van der Waals surface area (Å²) in [6.45, 7) is 0.434. The fourth-order valence-corrected chi connectivity index (χ4v) is 2.27. The van der Waals surface area contributed by atoms with Crippen molar-refractivity contribution in [3.8, 4) is 5.75 Å². The van der Waals surface area contributed by atoms with Gasteiger partial charge in [0.2, 0.25) is 11.8 Å². The first-order valence-electron chi connectivity index (χ1n) is 6.18. The minimum Gasteiger partial charge on any atom is -0.497 e. The number of anilines is 1. The molecule has 2 rings (SSSR count). The van der Waals surface area contributed by atoms with Crippen LogP contribution in [0.4, 0.5) is 5.69 Å². The Kier molecular flexibility index (Phi) is 3.74. The van der Waals surface area contributed by atoms with Crippen LogP contribution in [0.2, 0.25) is 0 Å². The SMILES string of the molecule is COc1cccc(N2C[C@@H](C(=O)N(C)C)CC2=O)c1. The highest BCUT2D eigenvalue weighted by atomic mass is 16.5. The zero-order chi connectivity index (χ0) is 14.0. The summed E-state index contributed by atoms with van der Waals surface area (Å²) in [6.07, 6.45) is 0.272. The molecular formula is C14H18N2O3. The van der Waals surface area contributed by atoms with Crippen LogP contribution in [0.15, 0.2) is 24.3 Å². The summed E-state index contributed by atoms with van der Waals surface area (Å²) in [7, 11) is 5.01. The van der Waals surface area contributed by atoms with Crippen LogP contribution in [0.5, 0.6) is 5.75 Å². The van der Waals surface area contributed by atoms with E-state index in [1.54, 1.807) is 32.2 Å². The topological polar surface area (TPSA) is 49.9 Å². The molecule has 1 aromatic rings. The van der Waals surface area contributed by atoms with Gasteiger partial charge < -0.3 is 14.5 Å². The molecule has 1 aromatic carbocycles. The van der Waals surface area contributed by atoms with Crippen molar-refractivity contribution in [2.24, 2.45) is 5.92 Å². The molecule has 1 aliphatic rings. The number of nitrogens with zero attached hydrogens (tertiary/aromatic N) is 2. The number of rotatable bonds is 3. The molecule has 1 saturated heterocycles. The van der Waals surface area contributed by atoms with Crippen LogP contribution in [-0.2, 0) is 9.59 Å². The van der Waals surface area contributed by atoms with Gasteiger partial charge in [-0.3, -0.25) is 9.59 Å². The molecule has 19 heavy (non-hydrogen) atoms. The molecule has 0 saturated carbocycles. The molecule has 0 spiro atoms. The Bertz CT molecular complexity index is 499. The van der Waals surface area contributed by atoms with E-state index in [0.717, 1.165) is 5.69 Å². The summed E-state index contributed by atoms with van der Waals surface area (Å²) in [4.78, 5) is 27.1. The zero-order valence-corrected chi connectivity index (χ0v) is 11.4. The van der Waals surface area contributed by atoms with E-state index in [1.807, 2.05) is 18.2 Å². The molecule has 1 atom stereocenters. The van der Waals surface area contributed by atoms with Gasteiger partial charge in [0, 0.05) is 38.8 Å². The van der Waals surface area contributed by atoms with Crippen molar-refractivity contribution >= 4 is 17.5 Å². The highest BCUT2D eigenvalue weighted by Gasteiger charge is 2.35. The standard InChI is InChI=1S/C14H18N2O3/c1-15(2)14(18)10-7-13(17)16(9-10)11-5-4-6-12(8-11)19-3/h4-6,8,10H,7,9H2,1-3H3/t10-/m0/s1. The van der Waals surface area contributed by atoms with Crippen LogP contribution >= 0.6 is 0 Å². The number of hydrogen-bond donors (Lipinski definition) is 0. The number of benzene rings is 1. The fourth-order valence-electron chi connectivity index (χ4n) is 2.27. The van der Waals surface area contributed by atoms with Gasteiger partial charge in [0.1, 0.15) is 5.75 Å². The third-order valence-corrected chi connectivity index (χ3v) is 3.28. The predicted molar refractivity (Wildman–Crippen MR) is 72.1 cm³/mol. The van der Waals surface area contributed by atoms with Crippen LogP contribution in [0.3, 0.4) is 0 Å². The van der Waals surface area contributed by atoms with Gasteiger partial charge in [0.15, 0.2) is 0 Å². The number of carbonyl (C=O) groups is 2. The van der Waals surface area contributed by atoms with Gasteiger partial charge in [-0.15, -0.1) is 0 Å². The van der Waals surface area contributed by atoms with Crippen molar-refractivity contribution in [3.63, 3.8) is 0 Å². The Morgan fingerprint density at radius 2 is 2.16 bits per heavy atom. The molecule has 1 heterocycles. The van der Waals surface area contributed by atoms with Crippen molar-refractivity contribution < 1.29 is 14.3 Å². The molecule has 0 N–H and O–H groups in total. The van der Waals surface area contributed by atoms with Gasteiger partial charge in [-0.05, 0) is 12.1 Å². The maximum atomic E-state index is 12.0. The lowest BCUT2D eigenvalue weighted by molar-refractivity contribution is -0.133. The second-order valence-electron chi connectivity index (χ2n) is 4.84. The third-order valence-electron chi connectivity index (χ3n) is 3.28. The minimum atomic E-state index is -0.256. The molecule has 0 radical (unpaired) electrons. The summed E-state index contributed by atoms with van der Waals surface area (Å²) in [6, 6.07) is 7.32. The number of ether oxygens (including phenoxy) is 1. The van der Waals surface area contributed by atoms with Gasteiger partial charge in [0.05, 0.1) is 13.0 Å². The Morgan fingerprint density at radius 3 is 2.79 bits per heavy atom. The smallest absolute Gasteiger partial charge is 0.227 e. The lowest BCUT2D eigenvalue weighted by Gasteiger charge is -2.18. The lowest BCUT2D eigenvalue weighted by atomic mass is 10.1. The molecule has 0 aliphatic carbocycles. The first kappa shape index (κ1) is 13.4. The molecule has 0 unspecified atom stereocenters. The first-order chi connectivity index (χ1) is 9.02. The first-order valence-corrected chi connectivity index (χ1v) is 6.18. The van der Waals surface area contributed by atoms with E-state index < -0.39 is 0 Å². The van der Waals surface area contributed by atoms with Crippen molar-refractivity contribution in [2.75, 3.05) is 32.6 Å². The van der Waals surface area contributed by atoms with Crippen LogP contribution in [0.1, 0.15) is 6.42 Å². The zero-order valence-electron chi connectivity index (χ0n) is 11.4. The highest BCUT2D eigenvalue weighted by molar-refractivity contribution is 6.00. The third kappa shape index (κ3) is 2.70. The van der Waals surface area contributed by atoms with Gasteiger partial charge in [-0.25, -0.2) is 0 Å². The van der Waals surface area contributed by atoms with Crippen molar-refractivity contribution in [1.82, 2.24) is 4.90 Å². The largest absolute Gasteiger partial charge is 0.497 e. The van der Waals surface area contributed by atoms with Crippen LogP contribution < -0.4 is 9.64 Å². The van der Waals surface area contributed by atoms with Crippen molar-refractivity contribution in [2.45, 2.75) is 6.42 Å². The van der Waals surface area contributed by atoms with Gasteiger partial charge >= 0.3 is 0 Å². The minimum absolute atomic E-state index is 0.00116. The molecule has 102 valence electrons. The summed E-state index contributed by atoms with van der Waals surface area (Å²) in [5.74, 6) is 0.425. The number of methoxy groups -OCH3 is 1. The molecule has 1 fully saturated rings. The summed E-state index contributed by atoms with van der Waals surface area (Å²) in [5, 5.41) is 0. The van der Waals surface area contributed by atoms with E-state index in [2.05, 4.69) is 0 Å². The second kappa shape index (κ2) is 5.30. The normalized spacial score (nSPS) is 18.6. The van der Waals surface area contributed by atoms with E-state index in [0.29, 0.717) is 12.3 Å². The van der Waals surface area contributed by atoms with E-state index >= 15 is 0 Å². The lowest BCUT2D eigenvalue weighted by Crippen LogP contribution is -2.32. The molecule has 5 heteroatoms. The van der Waals surface area contributed by atoms with Gasteiger partial charge in [0.25, 0.3) is 0 Å². The fraction of sp³-hybridized carbons (Fsp3) is 0.429. The van der Waals surface area contributed by atoms with E-state index in [4.69, 9.17) is 4.74 Å². The van der Waals surface area contributed by atoms with Crippen molar-refractivity contribution in [3.05, 3.63) is 24.3 Å². The van der Waals surface area contributed by atoms with Crippen LogP contribution in [0, 0.1) is 5.92 Å². The molecular weight excluding hydrogens is 244 g/mol. The van der Waals surface area contributed by atoms with Gasteiger partial charge in [-0.2, -0.15) is 0 Å².